The fraction of sp³-hybridized carbons (Fsp3) is 0.294. The lowest BCUT2D eigenvalue weighted by Crippen LogP contribution is -2.17. The molecule has 2 aromatic carbocycles. The Morgan fingerprint density at radius 3 is 2.75 bits per heavy atom. The molecule has 0 saturated carbocycles. The Kier molecular flexibility index (Phi) is 3.50. The summed E-state index contributed by atoms with van der Waals surface area (Å²) in [5.41, 5.74) is 10.3. The van der Waals surface area contributed by atoms with E-state index in [0.717, 1.165) is 37.4 Å². The fourth-order valence-electron chi connectivity index (χ4n) is 2.61. The Morgan fingerprint density at radius 2 is 1.95 bits per heavy atom. The van der Waals surface area contributed by atoms with Gasteiger partial charge >= 0.3 is 0 Å². The first-order valence-corrected chi connectivity index (χ1v) is 7.04. The minimum Gasteiger partial charge on any atom is -0.493 e. The van der Waals surface area contributed by atoms with Crippen molar-refractivity contribution in [3.05, 3.63) is 53.6 Å². The van der Waals surface area contributed by atoms with Gasteiger partial charge in [0.1, 0.15) is 5.75 Å². The molecular weight excluding hydrogens is 248 g/mol. The molecule has 104 valence electrons. The minimum absolute atomic E-state index is 0.799. The molecule has 0 radical (unpaired) electrons. The van der Waals surface area contributed by atoms with Crippen LogP contribution in [0.3, 0.4) is 0 Å². The largest absolute Gasteiger partial charge is 0.493 e. The number of rotatable bonds is 3. The van der Waals surface area contributed by atoms with Gasteiger partial charge in [-0.1, -0.05) is 12.1 Å². The van der Waals surface area contributed by atoms with Crippen molar-refractivity contribution in [1.29, 1.82) is 0 Å². The lowest BCUT2D eigenvalue weighted by atomic mass is 10.0. The van der Waals surface area contributed by atoms with E-state index in [1.807, 2.05) is 12.1 Å². The van der Waals surface area contributed by atoms with E-state index in [1.54, 1.807) is 0 Å². The second-order valence-electron chi connectivity index (χ2n) is 5.34. The predicted molar refractivity (Wildman–Crippen MR) is 83.2 cm³/mol. The fourth-order valence-corrected chi connectivity index (χ4v) is 2.61. The lowest BCUT2D eigenvalue weighted by molar-refractivity contribution is 0.288. The first-order chi connectivity index (χ1) is 9.72. The van der Waals surface area contributed by atoms with E-state index in [1.165, 1.54) is 16.8 Å². The van der Waals surface area contributed by atoms with E-state index >= 15 is 0 Å². The number of aryl methyl sites for hydroxylation is 1. The first-order valence-electron chi connectivity index (χ1n) is 7.04. The Balaban J connectivity index is 1.75. The quantitative estimate of drug-likeness (QED) is 0.869. The van der Waals surface area contributed by atoms with E-state index in [2.05, 4.69) is 42.3 Å². The molecule has 0 aromatic heterocycles. The number of fused-ring (bicyclic) bond motifs is 1. The highest BCUT2D eigenvalue weighted by Gasteiger charge is 2.11. The molecule has 20 heavy (non-hydrogen) atoms. The summed E-state index contributed by atoms with van der Waals surface area (Å²) in [6.07, 6.45) is 2.24. The Morgan fingerprint density at radius 1 is 1.15 bits per heavy atom. The highest BCUT2D eigenvalue weighted by Crippen LogP contribution is 2.26. The molecule has 0 fully saturated rings. The van der Waals surface area contributed by atoms with Crippen LogP contribution in [0.4, 0.5) is 11.4 Å². The molecule has 1 aliphatic rings. The van der Waals surface area contributed by atoms with Gasteiger partial charge in [-0.3, -0.25) is 0 Å². The number of nitrogens with two attached hydrogens (primary N) is 1. The van der Waals surface area contributed by atoms with E-state index < -0.39 is 0 Å². The molecule has 1 aliphatic heterocycles. The molecule has 3 heteroatoms. The molecule has 3 nitrogen and oxygen atoms in total. The summed E-state index contributed by atoms with van der Waals surface area (Å²) in [7, 11) is 2.10. The molecule has 2 N–H and O–H groups in total. The maximum Gasteiger partial charge on any atom is 0.122 e. The van der Waals surface area contributed by atoms with Crippen molar-refractivity contribution in [2.45, 2.75) is 19.4 Å². The van der Waals surface area contributed by atoms with Crippen molar-refractivity contribution < 1.29 is 4.74 Å². The smallest absolute Gasteiger partial charge is 0.122 e. The van der Waals surface area contributed by atoms with E-state index in [0.29, 0.717) is 0 Å². The second kappa shape index (κ2) is 5.45. The number of hydrogen-bond donors (Lipinski definition) is 1. The van der Waals surface area contributed by atoms with Gasteiger partial charge in [-0.25, -0.2) is 0 Å². The molecule has 3 rings (SSSR count). The number of anilines is 2. The highest BCUT2D eigenvalue weighted by molar-refractivity contribution is 5.53. The zero-order valence-electron chi connectivity index (χ0n) is 11.8. The van der Waals surface area contributed by atoms with Gasteiger partial charge in [-0.05, 0) is 54.3 Å². The standard InChI is InChI=1S/C17H20N2O/c1-19(16-7-5-15(18)6-8-16)12-13-4-9-17-14(11-13)3-2-10-20-17/h4-9,11H,2-3,10,12,18H2,1H3. The summed E-state index contributed by atoms with van der Waals surface area (Å²) in [4.78, 5) is 2.23. The molecule has 0 bridgehead atoms. The minimum atomic E-state index is 0.799. The van der Waals surface area contributed by atoms with E-state index in [-0.39, 0.29) is 0 Å². The van der Waals surface area contributed by atoms with Crippen LogP contribution >= 0.6 is 0 Å². The van der Waals surface area contributed by atoms with Crippen LogP contribution in [0.25, 0.3) is 0 Å². The Bertz CT molecular complexity index is 592. The molecule has 1 heterocycles. The number of hydrogen-bond acceptors (Lipinski definition) is 3. The molecular formula is C17H20N2O. The molecule has 0 saturated heterocycles. The van der Waals surface area contributed by atoms with Crippen molar-refractivity contribution in [2.24, 2.45) is 0 Å². The molecule has 2 aromatic rings. The number of benzene rings is 2. The number of nitrogens with zero attached hydrogens (tertiary/aromatic N) is 1. The normalized spacial score (nSPS) is 13.4. The Labute approximate surface area is 120 Å². The lowest BCUT2D eigenvalue weighted by Gasteiger charge is -2.22. The summed E-state index contributed by atoms with van der Waals surface area (Å²) in [5.74, 6) is 1.05. The van der Waals surface area contributed by atoms with Crippen molar-refractivity contribution in [2.75, 3.05) is 24.3 Å². The van der Waals surface area contributed by atoms with Crippen LogP contribution in [0.2, 0.25) is 0 Å². The third-order valence-electron chi connectivity index (χ3n) is 3.73. The summed E-state index contributed by atoms with van der Waals surface area (Å²) < 4.78 is 5.65. The van der Waals surface area contributed by atoms with Gasteiger partial charge < -0.3 is 15.4 Å². The van der Waals surface area contributed by atoms with Gasteiger partial charge in [-0.2, -0.15) is 0 Å². The van der Waals surface area contributed by atoms with E-state index in [4.69, 9.17) is 10.5 Å². The van der Waals surface area contributed by atoms with Gasteiger partial charge in [-0.15, -0.1) is 0 Å². The zero-order chi connectivity index (χ0) is 13.9. The predicted octanol–water partition coefficient (Wildman–Crippen LogP) is 3.23. The van der Waals surface area contributed by atoms with Gasteiger partial charge in [0.15, 0.2) is 0 Å². The monoisotopic (exact) mass is 268 g/mol. The molecule has 0 atom stereocenters. The average Bonchev–Trinajstić information content (AvgIpc) is 2.48. The topological polar surface area (TPSA) is 38.5 Å². The Hall–Kier alpha value is -2.16. The summed E-state index contributed by atoms with van der Waals surface area (Å²) >= 11 is 0. The van der Waals surface area contributed by atoms with Gasteiger partial charge in [0, 0.05) is 25.0 Å². The van der Waals surface area contributed by atoms with Crippen LogP contribution in [-0.4, -0.2) is 13.7 Å². The molecule has 0 aliphatic carbocycles. The van der Waals surface area contributed by atoms with Gasteiger partial charge in [0.25, 0.3) is 0 Å². The summed E-state index contributed by atoms with van der Waals surface area (Å²) in [6, 6.07) is 14.5. The third-order valence-corrected chi connectivity index (χ3v) is 3.73. The van der Waals surface area contributed by atoms with Crippen molar-refractivity contribution in [3.8, 4) is 5.75 Å². The van der Waals surface area contributed by atoms with Crippen LogP contribution in [0.15, 0.2) is 42.5 Å². The maximum absolute atomic E-state index is 5.72. The van der Waals surface area contributed by atoms with Crippen LogP contribution in [-0.2, 0) is 13.0 Å². The second-order valence-corrected chi connectivity index (χ2v) is 5.34. The van der Waals surface area contributed by atoms with Gasteiger partial charge in [0.2, 0.25) is 0 Å². The summed E-state index contributed by atoms with van der Waals surface area (Å²) in [5, 5.41) is 0. The van der Waals surface area contributed by atoms with Crippen LogP contribution in [0, 0.1) is 0 Å². The van der Waals surface area contributed by atoms with E-state index in [9.17, 15) is 0 Å². The van der Waals surface area contributed by atoms with Crippen molar-refractivity contribution >= 4 is 11.4 Å². The maximum atomic E-state index is 5.72. The number of nitrogen functional groups attached to an aromatic ring is 1. The molecule has 0 spiro atoms. The van der Waals surface area contributed by atoms with Crippen molar-refractivity contribution in [3.63, 3.8) is 0 Å². The molecule has 0 unspecified atom stereocenters. The number of ether oxygens (including phenoxy) is 1. The highest BCUT2D eigenvalue weighted by atomic mass is 16.5. The van der Waals surface area contributed by atoms with Crippen LogP contribution < -0.4 is 15.4 Å². The average molecular weight is 268 g/mol. The van der Waals surface area contributed by atoms with Crippen LogP contribution in [0.1, 0.15) is 17.5 Å². The van der Waals surface area contributed by atoms with Crippen LogP contribution in [0.5, 0.6) is 5.75 Å². The third kappa shape index (κ3) is 2.72. The van der Waals surface area contributed by atoms with Crippen molar-refractivity contribution in [1.82, 2.24) is 0 Å². The zero-order valence-corrected chi connectivity index (χ0v) is 11.8. The SMILES string of the molecule is CN(Cc1ccc2c(c1)CCCO2)c1ccc(N)cc1. The molecule has 0 amide bonds. The first kappa shape index (κ1) is 12.9. The van der Waals surface area contributed by atoms with Gasteiger partial charge in [0.05, 0.1) is 6.61 Å². The summed E-state index contributed by atoms with van der Waals surface area (Å²) in [6.45, 7) is 1.73.